The van der Waals surface area contributed by atoms with Gasteiger partial charge in [0, 0.05) is 17.4 Å². The third kappa shape index (κ3) is 5.48. The summed E-state index contributed by atoms with van der Waals surface area (Å²) in [6.45, 7) is 9.23. The fourth-order valence-corrected chi connectivity index (χ4v) is 3.65. The van der Waals surface area contributed by atoms with E-state index in [1.54, 1.807) is 13.3 Å². The molecular formula is C25H32N2O5. The number of carbonyl (C=O) groups excluding carboxylic acids is 1. The van der Waals surface area contributed by atoms with Crippen molar-refractivity contribution >= 4 is 29.3 Å². The molecule has 4 rings (SSSR count). The van der Waals surface area contributed by atoms with Crippen molar-refractivity contribution < 1.29 is 23.7 Å². The van der Waals surface area contributed by atoms with E-state index in [1.165, 1.54) is 0 Å². The Balaban J connectivity index is 0.00000141. The van der Waals surface area contributed by atoms with Gasteiger partial charge in [0.1, 0.15) is 11.9 Å². The lowest BCUT2D eigenvalue weighted by molar-refractivity contribution is -0.144. The molecule has 0 saturated carbocycles. The van der Waals surface area contributed by atoms with Gasteiger partial charge in [0.15, 0.2) is 5.79 Å². The van der Waals surface area contributed by atoms with E-state index in [9.17, 15) is 4.79 Å². The number of anilines is 1. The predicted octanol–water partition coefficient (Wildman–Crippen LogP) is 4.72. The molecule has 1 aromatic carbocycles. The maximum absolute atomic E-state index is 12.6. The number of nitrogens with one attached hydrogen (secondary N) is 2. The van der Waals surface area contributed by atoms with Crippen molar-refractivity contribution in [2.75, 3.05) is 32.2 Å². The van der Waals surface area contributed by atoms with Crippen LogP contribution in [0.5, 0.6) is 5.75 Å². The number of methoxy groups -OCH3 is 1. The zero-order valence-corrected chi connectivity index (χ0v) is 19.4. The Morgan fingerprint density at radius 2 is 2.06 bits per heavy atom. The maximum atomic E-state index is 12.6. The minimum atomic E-state index is -0.543. The van der Waals surface area contributed by atoms with Crippen LogP contribution in [0, 0.1) is 0 Å². The SMILES string of the molecule is CC.COc1cc[nH]c1/C=C1\C(=O)Nc2cccc(C=CCOCC3COC(C)(C)O3)c21. The normalized spacial score (nSPS) is 20.2. The zero-order chi connectivity index (χ0) is 23.1. The Hall–Kier alpha value is -2.87. The van der Waals surface area contributed by atoms with Crippen LogP contribution in [-0.2, 0) is 19.0 Å². The molecule has 1 aromatic heterocycles. The van der Waals surface area contributed by atoms with Gasteiger partial charge >= 0.3 is 0 Å². The second-order valence-electron chi connectivity index (χ2n) is 7.63. The topological polar surface area (TPSA) is 81.8 Å². The number of fused-ring (bicyclic) bond motifs is 1. The Bertz CT molecular complexity index is 990. The molecule has 7 nitrogen and oxygen atoms in total. The second kappa shape index (κ2) is 10.6. The van der Waals surface area contributed by atoms with Gasteiger partial charge in [-0.1, -0.05) is 38.1 Å². The average molecular weight is 441 g/mol. The van der Waals surface area contributed by atoms with Gasteiger partial charge in [0.2, 0.25) is 0 Å². The van der Waals surface area contributed by atoms with E-state index in [4.69, 9.17) is 18.9 Å². The summed E-state index contributed by atoms with van der Waals surface area (Å²) >= 11 is 0. The number of benzene rings is 1. The molecular weight excluding hydrogens is 408 g/mol. The van der Waals surface area contributed by atoms with Gasteiger partial charge < -0.3 is 29.2 Å². The zero-order valence-electron chi connectivity index (χ0n) is 19.4. The fourth-order valence-electron chi connectivity index (χ4n) is 3.65. The highest BCUT2D eigenvalue weighted by Crippen LogP contribution is 2.37. The van der Waals surface area contributed by atoms with E-state index < -0.39 is 5.79 Å². The van der Waals surface area contributed by atoms with Crippen molar-refractivity contribution in [3.05, 3.63) is 53.4 Å². The summed E-state index contributed by atoms with van der Waals surface area (Å²) in [6, 6.07) is 7.62. The summed E-state index contributed by atoms with van der Waals surface area (Å²) in [5.41, 5.74) is 3.93. The number of hydrogen-bond donors (Lipinski definition) is 2. The highest BCUT2D eigenvalue weighted by atomic mass is 16.7. The fraction of sp³-hybridized carbons (Fsp3) is 0.400. The molecule has 0 bridgehead atoms. The molecule has 0 radical (unpaired) electrons. The van der Waals surface area contributed by atoms with Crippen LogP contribution in [0.25, 0.3) is 17.7 Å². The van der Waals surface area contributed by atoms with Gasteiger partial charge in [-0.3, -0.25) is 4.79 Å². The van der Waals surface area contributed by atoms with Crippen molar-refractivity contribution in [1.29, 1.82) is 0 Å². The quantitative estimate of drug-likeness (QED) is 0.481. The Labute approximate surface area is 189 Å². The number of ether oxygens (including phenoxy) is 4. The molecule has 32 heavy (non-hydrogen) atoms. The number of hydrogen-bond acceptors (Lipinski definition) is 5. The molecule has 1 unspecified atom stereocenters. The number of aromatic nitrogens is 1. The molecule has 2 aliphatic rings. The Kier molecular flexibility index (Phi) is 7.90. The van der Waals surface area contributed by atoms with E-state index in [1.807, 2.05) is 70.2 Å². The number of amides is 1. The van der Waals surface area contributed by atoms with E-state index in [0.29, 0.717) is 31.1 Å². The lowest BCUT2D eigenvalue weighted by Gasteiger charge is -2.16. The molecule has 1 amide bonds. The van der Waals surface area contributed by atoms with Crippen LogP contribution in [0.3, 0.4) is 0 Å². The van der Waals surface area contributed by atoms with Crippen LogP contribution >= 0.6 is 0 Å². The molecule has 0 aliphatic carbocycles. The number of rotatable bonds is 7. The van der Waals surface area contributed by atoms with E-state index in [2.05, 4.69) is 10.3 Å². The average Bonchev–Trinajstić information content (AvgIpc) is 3.47. The minimum Gasteiger partial charge on any atom is -0.495 e. The molecule has 2 aliphatic heterocycles. The van der Waals surface area contributed by atoms with Gasteiger partial charge in [-0.15, -0.1) is 0 Å². The lowest BCUT2D eigenvalue weighted by Crippen LogP contribution is -2.24. The summed E-state index contributed by atoms with van der Waals surface area (Å²) < 4.78 is 22.3. The Morgan fingerprint density at radius 3 is 2.78 bits per heavy atom. The van der Waals surface area contributed by atoms with Crippen molar-refractivity contribution in [2.24, 2.45) is 0 Å². The standard InChI is InChI=1S/C23H26N2O5.C2H6/c1-23(2)29-14-16(30-23)13-28-11-5-7-15-6-4-8-18-21(15)17(22(26)25-18)12-19-20(27-3)9-10-24-19;1-2/h4-10,12,16,24H,11,13-14H2,1-3H3,(H,25,26);1-2H3/b7-5?,17-12-;. The molecule has 172 valence electrons. The van der Waals surface area contributed by atoms with Gasteiger partial charge in [0.05, 0.1) is 38.2 Å². The first-order valence-electron chi connectivity index (χ1n) is 10.9. The van der Waals surface area contributed by atoms with Crippen LogP contribution in [-0.4, -0.2) is 49.7 Å². The highest BCUT2D eigenvalue weighted by Gasteiger charge is 2.32. The van der Waals surface area contributed by atoms with E-state index in [-0.39, 0.29) is 12.0 Å². The second-order valence-corrected chi connectivity index (χ2v) is 7.63. The summed E-state index contributed by atoms with van der Waals surface area (Å²) in [7, 11) is 1.60. The van der Waals surface area contributed by atoms with Crippen LogP contribution in [0.15, 0.2) is 36.5 Å². The monoisotopic (exact) mass is 440 g/mol. The van der Waals surface area contributed by atoms with E-state index >= 15 is 0 Å². The van der Waals surface area contributed by atoms with Crippen LogP contribution in [0.2, 0.25) is 0 Å². The first kappa shape index (κ1) is 23.8. The molecule has 3 heterocycles. The van der Waals surface area contributed by atoms with Gasteiger partial charge in [0.25, 0.3) is 5.91 Å². The lowest BCUT2D eigenvalue weighted by atomic mass is 9.99. The van der Waals surface area contributed by atoms with E-state index in [0.717, 1.165) is 22.5 Å². The van der Waals surface area contributed by atoms with Crippen molar-refractivity contribution in [1.82, 2.24) is 4.98 Å². The summed E-state index contributed by atoms with van der Waals surface area (Å²) in [5.74, 6) is 0.00431. The third-order valence-corrected chi connectivity index (χ3v) is 4.99. The first-order valence-corrected chi connectivity index (χ1v) is 10.9. The number of carbonyl (C=O) groups is 1. The van der Waals surface area contributed by atoms with Crippen LogP contribution < -0.4 is 10.1 Å². The third-order valence-electron chi connectivity index (χ3n) is 4.99. The van der Waals surface area contributed by atoms with Crippen molar-refractivity contribution in [3.63, 3.8) is 0 Å². The van der Waals surface area contributed by atoms with Gasteiger partial charge in [-0.25, -0.2) is 0 Å². The molecule has 1 fully saturated rings. The minimum absolute atomic E-state index is 0.0542. The molecule has 2 N–H and O–H groups in total. The van der Waals surface area contributed by atoms with Crippen molar-refractivity contribution in [2.45, 2.75) is 39.6 Å². The molecule has 0 spiro atoms. The molecule has 2 aromatic rings. The van der Waals surface area contributed by atoms with Gasteiger partial charge in [-0.2, -0.15) is 0 Å². The molecule has 1 atom stereocenters. The predicted molar refractivity (Wildman–Crippen MR) is 126 cm³/mol. The van der Waals surface area contributed by atoms with Crippen LogP contribution in [0.4, 0.5) is 5.69 Å². The molecule has 1 saturated heterocycles. The maximum Gasteiger partial charge on any atom is 0.256 e. The number of aromatic amines is 1. The largest absolute Gasteiger partial charge is 0.495 e. The Morgan fingerprint density at radius 1 is 1.25 bits per heavy atom. The molecule has 7 heteroatoms. The first-order chi connectivity index (χ1) is 15.5. The number of H-pyrrole nitrogens is 1. The van der Waals surface area contributed by atoms with Crippen LogP contribution in [0.1, 0.15) is 44.5 Å². The summed E-state index contributed by atoms with van der Waals surface area (Å²) in [4.78, 5) is 15.7. The smallest absolute Gasteiger partial charge is 0.256 e. The summed E-state index contributed by atoms with van der Waals surface area (Å²) in [6.07, 6.45) is 7.44. The van der Waals surface area contributed by atoms with Gasteiger partial charge in [-0.05, 0) is 37.6 Å². The summed E-state index contributed by atoms with van der Waals surface area (Å²) in [5, 5.41) is 2.93. The van der Waals surface area contributed by atoms with Crippen molar-refractivity contribution in [3.8, 4) is 5.75 Å². The highest BCUT2D eigenvalue weighted by molar-refractivity contribution is 6.35.